The monoisotopic (exact) mass is 280 g/mol. The Bertz CT molecular complexity index is 407. The highest BCUT2D eigenvalue weighted by atomic mass is 16.4. The highest BCUT2D eigenvalue weighted by Crippen LogP contribution is 2.31. The Morgan fingerprint density at radius 1 is 1.40 bits per heavy atom. The van der Waals surface area contributed by atoms with Gasteiger partial charge in [-0.1, -0.05) is 44.1 Å². The lowest BCUT2D eigenvalue weighted by molar-refractivity contribution is -0.145. The van der Waals surface area contributed by atoms with Crippen molar-refractivity contribution in [3.8, 4) is 0 Å². The second-order valence-corrected chi connectivity index (χ2v) is 5.04. The van der Waals surface area contributed by atoms with Crippen LogP contribution in [-0.4, -0.2) is 22.2 Å². The van der Waals surface area contributed by atoms with Crippen molar-refractivity contribution >= 4 is 11.9 Å². The first-order chi connectivity index (χ1) is 9.37. The fourth-order valence-corrected chi connectivity index (χ4v) is 1.72. The molecule has 0 heterocycles. The molecule has 4 heteroatoms. The van der Waals surface area contributed by atoms with Crippen LogP contribution in [0, 0.1) is 5.41 Å². The quantitative estimate of drug-likeness (QED) is 0.573. The van der Waals surface area contributed by atoms with Crippen LogP contribution in [0.2, 0.25) is 0 Å². The lowest BCUT2D eigenvalue weighted by Crippen LogP contribution is -2.28. The van der Waals surface area contributed by atoms with Crippen LogP contribution in [0.5, 0.6) is 0 Å². The van der Waals surface area contributed by atoms with Crippen LogP contribution in [0.25, 0.3) is 0 Å². The third kappa shape index (κ3) is 6.36. The molecule has 1 rings (SSSR count). The molecule has 1 unspecified atom stereocenters. The standard InChI is InChI=1S/C9H10O4.C7H14/c1-9(8(12)13)4-2-3-6(5-9)7(10)11;1-3-5-7-6-4-2/h2-4H,5H2,1H3,(H,10,11)(H,12,13);3H,1,4-7H2,2H3. The average Bonchev–Trinajstić information content (AvgIpc) is 2.40. The lowest BCUT2D eigenvalue weighted by Gasteiger charge is -2.23. The highest BCUT2D eigenvalue weighted by molar-refractivity contribution is 5.90. The van der Waals surface area contributed by atoms with Crippen molar-refractivity contribution in [1.82, 2.24) is 0 Å². The molecule has 0 aromatic rings. The minimum absolute atomic E-state index is 0.0359. The number of carbonyl (C=O) groups is 2. The molecule has 0 aromatic carbocycles. The fraction of sp³-hybridized carbons (Fsp3) is 0.500. The number of allylic oxidation sites excluding steroid dienone is 3. The molecule has 2 N–H and O–H groups in total. The molecule has 1 aliphatic rings. The zero-order chi connectivity index (χ0) is 15.6. The van der Waals surface area contributed by atoms with Crippen LogP contribution in [0.3, 0.4) is 0 Å². The third-order valence-electron chi connectivity index (χ3n) is 3.09. The summed E-state index contributed by atoms with van der Waals surface area (Å²) in [5.74, 6) is -2.06. The van der Waals surface area contributed by atoms with Gasteiger partial charge >= 0.3 is 11.9 Å². The van der Waals surface area contributed by atoms with E-state index in [1.54, 1.807) is 0 Å². The summed E-state index contributed by atoms with van der Waals surface area (Å²) in [6.45, 7) is 7.35. The van der Waals surface area contributed by atoms with Gasteiger partial charge in [0.25, 0.3) is 0 Å². The fourth-order valence-electron chi connectivity index (χ4n) is 1.72. The van der Waals surface area contributed by atoms with E-state index in [0.717, 1.165) is 0 Å². The topological polar surface area (TPSA) is 74.6 Å². The van der Waals surface area contributed by atoms with Gasteiger partial charge in [0.1, 0.15) is 0 Å². The van der Waals surface area contributed by atoms with Gasteiger partial charge in [-0.05, 0) is 26.2 Å². The first-order valence-corrected chi connectivity index (χ1v) is 6.83. The van der Waals surface area contributed by atoms with E-state index in [4.69, 9.17) is 10.2 Å². The molecule has 1 atom stereocenters. The summed E-state index contributed by atoms with van der Waals surface area (Å²) in [6, 6.07) is 0. The number of aliphatic carboxylic acids is 2. The van der Waals surface area contributed by atoms with E-state index < -0.39 is 17.4 Å². The molecule has 20 heavy (non-hydrogen) atoms. The number of hydrogen-bond donors (Lipinski definition) is 2. The molecule has 0 bridgehead atoms. The molecular formula is C16H24O4. The van der Waals surface area contributed by atoms with Crippen molar-refractivity contribution < 1.29 is 19.8 Å². The highest BCUT2D eigenvalue weighted by Gasteiger charge is 2.34. The van der Waals surface area contributed by atoms with E-state index >= 15 is 0 Å². The second-order valence-electron chi connectivity index (χ2n) is 5.04. The van der Waals surface area contributed by atoms with Gasteiger partial charge < -0.3 is 10.2 Å². The number of hydrogen-bond acceptors (Lipinski definition) is 2. The maximum atomic E-state index is 10.8. The summed E-state index contributed by atoms with van der Waals surface area (Å²) in [5, 5.41) is 17.5. The number of carboxylic acids is 2. The van der Waals surface area contributed by atoms with E-state index in [9.17, 15) is 9.59 Å². The molecule has 0 amide bonds. The molecule has 4 nitrogen and oxygen atoms in total. The molecule has 0 aromatic heterocycles. The summed E-state index contributed by atoms with van der Waals surface area (Å²) in [4.78, 5) is 21.3. The molecule has 1 aliphatic carbocycles. The first kappa shape index (κ1) is 18.2. The minimum atomic E-state index is -1.08. The normalized spacial score (nSPS) is 20.4. The van der Waals surface area contributed by atoms with Crippen LogP contribution < -0.4 is 0 Å². The van der Waals surface area contributed by atoms with Crippen LogP contribution in [0.15, 0.2) is 36.5 Å². The zero-order valence-corrected chi connectivity index (χ0v) is 12.3. The maximum Gasteiger partial charge on any atom is 0.331 e. The van der Waals surface area contributed by atoms with Crippen LogP contribution in [-0.2, 0) is 9.59 Å². The van der Waals surface area contributed by atoms with Gasteiger partial charge in [0.05, 0.1) is 5.41 Å². The number of unbranched alkanes of at least 4 members (excludes halogenated alkanes) is 3. The van der Waals surface area contributed by atoms with Crippen LogP contribution >= 0.6 is 0 Å². The Hall–Kier alpha value is -1.84. The summed E-state index contributed by atoms with van der Waals surface area (Å²) >= 11 is 0. The predicted octanol–water partition coefficient (Wildman–Crippen LogP) is 3.80. The lowest BCUT2D eigenvalue weighted by atomic mass is 9.80. The summed E-state index contributed by atoms with van der Waals surface area (Å²) < 4.78 is 0. The van der Waals surface area contributed by atoms with Crippen molar-refractivity contribution in [2.45, 2.75) is 46.0 Å². The zero-order valence-electron chi connectivity index (χ0n) is 12.3. The van der Waals surface area contributed by atoms with Gasteiger partial charge in [-0.15, -0.1) is 6.58 Å². The van der Waals surface area contributed by atoms with Crippen molar-refractivity contribution in [1.29, 1.82) is 0 Å². The SMILES string of the molecule is C=CCCCCC.CC1(C(=O)O)C=CC=C(C(=O)O)C1. The van der Waals surface area contributed by atoms with Crippen molar-refractivity contribution in [2.24, 2.45) is 5.41 Å². The van der Waals surface area contributed by atoms with E-state index in [-0.39, 0.29) is 12.0 Å². The molecule has 0 saturated heterocycles. The predicted molar refractivity (Wildman–Crippen MR) is 79.6 cm³/mol. The second kappa shape index (κ2) is 9.13. The Labute approximate surface area is 120 Å². The van der Waals surface area contributed by atoms with Crippen molar-refractivity contribution in [3.05, 3.63) is 36.5 Å². The van der Waals surface area contributed by atoms with Gasteiger partial charge in [0.15, 0.2) is 0 Å². The molecule has 0 fully saturated rings. The minimum Gasteiger partial charge on any atom is -0.481 e. The Kier molecular flexibility index (Phi) is 8.29. The smallest absolute Gasteiger partial charge is 0.331 e. The van der Waals surface area contributed by atoms with E-state index in [2.05, 4.69) is 13.5 Å². The average molecular weight is 280 g/mol. The Balaban J connectivity index is 0.000000441. The molecule has 112 valence electrons. The van der Waals surface area contributed by atoms with Gasteiger partial charge in [0.2, 0.25) is 0 Å². The molecule has 0 radical (unpaired) electrons. The van der Waals surface area contributed by atoms with Gasteiger partial charge in [-0.2, -0.15) is 0 Å². The third-order valence-corrected chi connectivity index (χ3v) is 3.09. The van der Waals surface area contributed by atoms with Crippen molar-refractivity contribution in [3.63, 3.8) is 0 Å². The first-order valence-electron chi connectivity index (χ1n) is 6.83. The maximum absolute atomic E-state index is 10.8. The molecule has 0 spiro atoms. The van der Waals surface area contributed by atoms with Crippen LogP contribution in [0.4, 0.5) is 0 Å². The molecular weight excluding hydrogens is 256 g/mol. The van der Waals surface area contributed by atoms with Gasteiger partial charge in [-0.3, -0.25) is 4.79 Å². The Morgan fingerprint density at radius 2 is 2.05 bits per heavy atom. The van der Waals surface area contributed by atoms with E-state index in [1.165, 1.54) is 50.8 Å². The largest absolute Gasteiger partial charge is 0.481 e. The van der Waals surface area contributed by atoms with Gasteiger partial charge in [-0.25, -0.2) is 4.79 Å². The number of rotatable bonds is 6. The van der Waals surface area contributed by atoms with E-state index in [1.807, 2.05) is 6.08 Å². The molecule has 0 saturated carbocycles. The van der Waals surface area contributed by atoms with E-state index in [0.29, 0.717) is 0 Å². The van der Waals surface area contributed by atoms with Crippen LogP contribution in [0.1, 0.15) is 46.0 Å². The summed E-state index contributed by atoms with van der Waals surface area (Å²) in [7, 11) is 0. The van der Waals surface area contributed by atoms with Crippen molar-refractivity contribution in [2.75, 3.05) is 0 Å². The Morgan fingerprint density at radius 3 is 2.50 bits per heavy atom. The van der Waals surface area contributed by atoms with Gasteiger partial charge in [0, 0.05) is 5.57 Å². The number of carboxylic acid groups (broad SMARTS) is 2. The molecule has 0 aliphatic heterocycles. The summed E-state index contributed by atoms with van der Waals surface area (Å²) in [5.41, 5.74) is -0.949. The summed E-state index contributed by atoms with van der Waals surface area (Å²) in [6.07, 6.45) is 11.6.